The van der Waals surface area contributed by atoms with Crippen molar-refractivity contribution in [2.75, 3.05) is 19.5 Å². The van der Waals surface area contributed by atoms with Gasteiger partial charge >= 0.3 is 7.60 Å². The molecule has 0 aliphatic heterocycles. The lowest BCUT2D eigenvalue weighted by molar-refractivity contribution is 0.216. The molecule has 1 aromatic heterocycles. The lowest BCUT2D eigenvalue weighted by atomic mass is 10.5. The lowest BCUT2D eigenvalue weighted by Gasteiger charge is -2.15. The van der Waals surface area contributed by atoms with Gasteiger partial charge in [0.1, 0.15) is 11.9 Å². The highest BCUT2D eigenvalue weighted by molar-refractivity contribution is 7.90. The zero-order valence-corrected chi connectivity index (χ0v) is 12.3. The molecule has 0 radical (unpaired) electrons. The third-order valence-electron chi connectivity index (χ3n) is 2.00. The molecule has 0 aliphatic rings. The number of sulfone groups is 1. The molecule has 104 valence electrons. The van der Waals surface area contributed by atoms with Gasteiger partial charge in [-0.25, -0.2) is 8.42 Å². The molecule has 0 saturated carbocycles. The van der Waals surface area contributed by atoms with Crippen LogP contribution in [0.5, 0.6) is 0 Å². The molecule has 0 aromatic carbocycles. The molecule has 0 amide bonds. The molecule has 0 unspecified atom stereocenters. The normalized spacial score (nSPS) is 12.8. The summed E-state index contributed by atoms with van der Waals surface area (Å²) in [5.41, 5.74) is 0. The standard InChI is InChI=1S/C10H17O6PS/c1-4-14-17(11,15-5-2)8-9-6-7-10(16-9)18(3,12)13/h6-7H,4-5,8H2,1-3H3. The van der Waals surface area contributed by atoms with Crippen LogP contribution in [0, 0.1) is 0 Å². The van der Waals surface area contributed by atoms with Gasteiger partial charge in [0.15, 0.2) is 0 Å². The quantitative estimate of drug-likeness (QED) is 0.719. The van der Waals surface area contributed by atoms with Crippen LogP contribution in [0.3, 0.4) is 0 Å². The van der Waals surface area contributed by atoms with E-state index in [1.54, 1.807) is 13.8 Å². The van der Waals surface area contributed by atoms with Gasteiger partial charge in [-0.2, -0.15) is 0 Å². The fourth-order valence-electron chi connectivity index (χ4n) is 1.36. The molecule has 0 atom stereocenters. The Bertz CT molecular complexity index is 522. The molecule has 1 heterocycles. The molecule has 0 bridgehead atoms. The zero-order valence-electron chi connectivity index (χ0n) is 10.6. The Morgan fingerprint density at radius 2 is 1.78 bits per heavy atom. The van der Waals surface area contributed by atoms with Gasteiger partial charge in [0.05, 0.1) is 13.2 Å². The summed E-state index contributed by atoms with van der Waals surface area (Å²) in [4.78, 5) is 0. The Morgan fingerprint density at radius 3 is 2.17 bits per heavy atom. The van der Waals surface area contributed by atoms with E-state index in [4.69, 9.17) is 13.5 Å². The average molecular weight is 296 g/mol. The molecule has 0 N–H and O–H groups in total. The van der Waals surface area contributed by atoms with E-state index in [0.29, 0.717) is 0 Å². The van der Waals surface area contributed by atoms with Crippen molar-refractivity contribution in [3.05, 3.63) is 17.9 Å². The summed E-state index contributed by atoms with van der Waals surface area (Å²) in [7, 11) is -6.67. The summed E-state index contributed by atoms with van der Waals surface area (Å²) in [6.45, 7) is 3.90. The van der Waals surface area contributed by atoms with Gasteiger partial charge in [-0.1, -0.05) is 0 Å². The molecule has 0 saturated heterocycles. The Labute approximate surface area is 107 Å². The third-order valence-corrected chi connectivity index (χ3v) is 4.96. The molecule has 1 rings (SSSR count). The Hall–Kier alpha value is -0.620. The van der Waals surface area contributed by atoms with Crippen LogP contribution in [-0.4, -0.2) is 27.9 Å². The second kappa shape index (κ2) is 6.02. The van der Waals surface area contributed by atoms with Gasteiger partial charge in [-0.05, 0) is 26.0 Å². The van der Waals surface area contributed by atoms with Gasteiger partial charge in [-0.15, -0.1) is 0 Å². The first kappa shape index (κ1) is 15.4. The number of hydrogen-bond donors (Lipinski definition) is 0. The summed E-state index contributed by atoms with van der Waals surface area (Å²) in [6.07, 6.45) is 0.963. The Balaban J connectivity index is 2.89. The minimum atomic E-state index is -3.40. The zero-order chi connectivity index (χ0) is 13.8. The van der Waals surface area contributed by atoms with E-state index in [1.807, 2.05) is 0 Å². The van der Waals surface area contributed by atoms with E-state index in [1.165, 1.54) is 12.1 Å². The van der Waals surface area contributed by atoms with Crippen LogP contribution in [0.2, 0.25) is 0 Å². The molecule has 18 heavy (non-hydrogen) atoms. The predicted octanol–water partition coefficient (Wildman–Crippen LogP) is 2.45. The first-order valence-electron chi connectivity index (χ1n) is 5.47. The van der Waals surface area contributed by atoms with Crippen molar-refractivity contribution in [1.82, 2.24) is 0 Å². The maximum Gasteiger partial charge on any atom is 0.338 e. The summed E-state index contributed by atoms with van der Waals surface area (Å²) < 4.78 is 50.0. The van der Waals surface area contributed by atoms with E-state index in [-0.39, 0.29) is 30.2 Å². The SMILES string of the molecule is CCOP(=O)(Cc1ccc(S(C)(=O)=O)o1)OCC. The summed E-state index contributed by atoms with van der Waals surface area (Å²) in [5.74, 6) is 0.264. The Morgan fingerprint density at radius 1 is 1.22 bits per heavy atom. The van der Waals surface area contributed by atoms with Gasteiger partial charge in [0, 0.05) is 6.26 Å². The second-order valence-corrected chi connectivity index (χ2v) is 7.60. The predicted molar refractivity (Wildman–Crippen MR) is 66.4 cm³/mol. The first-order chi connectivity index (χ1) is 8.30. The molecule has 0 aliphatic carbocycles. The molecule has 0 spiro atoms. The topological polar surface area (TPSA) is 82.8 Å². The largest absolute Gasteiger partial charge is 0.449 e. The minimum absolute atomic E-state index is 0.0792. The van der Waals surface area contributed by atoms with Crippen molar-refractivity contribution < 1.29 is 26.4 Å². The van der Waals surface area contributed by atoms with Crippen LogP contribution < -0.4 is 0 Å². The van der Waals surface area contributed by atoms with Crippen LogP contribution in [0.15, 0.2) is 21.6 Å². The van der Waals surface area contributed by atoms with E-state index < -0.39 is 17.4 Å². The molecule has 1 aromatic rings. The van der Waals surface area contributed by atoms with Crippen LogP contribution >= 0.6 is 7.60 Å². The average Bonchev–Trinajstić information content (AvgIpc) is 2.65. The van der Waals surface area contributed by atoms with Gasteiger partial charge in [0.25, 0.3) is 0 Å². The number of furan rings is 1. The monoisotopic (exact) mass is 296 g/mol. The molecular weight excluding hydrogens is 279 g/mol. The molecule has 8 heteroatoms. The van der Waals surface area contributed by atoms with E-state index in [9.17, 15) is 13.0 Å². The first-order valence-corrected chi connectivity index (χ1v) is 9.09. The van der Waals surface area contributed by atoms with Crippen molar-refractivity contribution >= 4 is 17.4 Å². The summed E-state index contributed by atoms with van der Waals surface area (Å²) in [5, 5.41) is -0.156. The lowest BCUT2D eigenvalue weighted by Crippen LogP contribution is -1.98. The van der Waals surface area contributed by atoms with Crippen molar-refractivity contribution in [1.29, 1.82) is 0 Å². The maximum absolute atomic E-state index is 12.2. The molecular formula is C10H17O6PS. The molecule has 6 nitrogen and oxygen atoms in total. The van der Waals surface area contributed by atoms with E-state index in [0.717, 1.165) is 6.26 Å². The van der Waals surface area contributed by atoms with Gasteiger partial charge in [-0.3, -0.25) is 4.57 Å². The van der Waals surface area contributed by atoms with Gasteiger partial charge < -0.3 is 13.5 Å². The van der Waals surface area contributed by atoms with Crippen LogP contribution in [-0.2, 0) is 29.6 Å². The van der Waals surface area contributed by atoms with Crippen LogP contribution in [0.1, 0.15) is 19.6 Å². The van der Waals surface area contributed by atoms with E-state index >= 15 is 0 Å². The fraction of sp³-hybridized carbons (Fsp3) is 0.600. The maximum atomic E-state index is 12.2. The van der Waals surface area contributed by atoms with Crippen molar-refractivity contribution in [3.8, 4) is 0 Å². The summed E-state index contributed by atoms with van der Waals surface area (Å²) >= 11 is 0. The summed E-state index contributed by atoms with van der Waals surface area (Å²) in [6, 6.07) is 2.79. The van der Waals surface area contributed by atoms with Crippen molar-refractivity contribution in [2.45, 2.75) is 25.1 Å². The highest BCUT2D eigenvalue weighted by atomic mass is 32.2. The minimum Gasteiger partial charge on any atom is -0.449 e. The van der Waals surface area contributed by atoms with E-state index in [2.05, 4.69) is 0 Å². The smallest absolute Gasteiger partial charge is 0.338 e. The number of hydrogen-bond acceptors (Lipinski definition) is 6. The van der Waals surface area contributed by atoms with Crippen molar-refractivity contribution in [2.24, 2.45) is 0 Å². The highest BCUT2D eigenvalue weighted by Crippen LogP contribution is 2.51. The fourth-order valence-corrected chi connectivity index (χ4v) is 3.52. The number of rotatable bonds is 7. The highest BCUT2D eigenvalue weighted by Gasteiger charge is 2.26. The molecule has 0 fully saturated rings. The van der Waals surface area contributed by atoms with Crippen LogP contribution in [0.25, 0.3) is 0 Å². The Kier molecular flexibility index (Phi) is 5.16. The third kappa shape index (κ3) is 4.24. The van der Waals surface area contributed by atoms with Crippen LogP contribution in [0.4, 0.5) is 0 Å². The second-order valence-electron chi connectivity index (χ2n) is 3.60. The van der Waals surface area contributed by atoms with Crippen molar-refractivity contribution in [3.63, 3.8) is 0 Å². The van der Waals surface area contributed by atoms with Gasteiger partial charge in [0.2, 0.25) is 14.9 Å².